The summed E-state index contributed by atoms with van der Waals surface area (Å²) in [5, 5.41) is 21.5. The number of nitrogen functional groups attached to an aromatic ring is 1. The fraction of sp³-hybridized carbons (Fsp3) is 0.400. The molecule has 1 saturated heterocycles. The van der Waals surface area contributed by atoms with Crippen LogP contribution in [0.5, 0.6) is 0 Å². The standard InChI is InChI=1S/C20H23N7/c1-2-8-27-19-6-5-13(9-18(19)25-26-27)17-10-15(14-4-3-7-23-12-14)16(11-21)20(22)24-17/h5-6,9-10,14,23H,2-4,7-8,12H2,1H3,(H2,22,24)/t14-/m1/s1. The molecule has 1 aliphatic heterocycles. The highest BCUT2D eigenvalue weighted by Gasteiger charge is 2.22. The minimum atomic E-state index is 0.284. The number of anilines is 1. The van der Waals surface area contributed by atoms with Crippen molar-refractivity contribution in [3.05, 3.63) is 35.4 Å². The third-order valence-corrected chi connectivity index (χ3v) is 5.17. The third-order valence-electron chi connectivity index (χ3n) is 5.17. The molecule has 1 atom stereocenters. The van der Waals surface area contributed by atoms with Crippen LogP contribution >= 0.6 is 0 Å². The van der Waals surface area contributed by atoms with E-state index in [9.17, 15) is 5.26 Å². The van der Waals surface area contributed by atoms with Gasteiger partial charge in [0.25, 0.3) is 0 Å². The Morgan fingerprint density at radius 2 is 2.26 bits per heavy atom. The van der Waals surface area contributed by atoms with Gasteiger partial charge in [-0.2, -0.15) is 5.26 Å². The van der Waals surface area contributed by atoms with Gasteiger partial charge in [0.1, 0.15) is 17.4 Å². The van der Waals surface area contributed by atoms with Crippen LogP contribution in [0, 0.1) is 11.3 Å². The van der Waals surface area contributed by atoms with E-state index < -0.39 is 0 Å². The molecule has 0 bridgehead atoms. The minimum absolute atomic E-state index is 0.284. The van der Waals surface area contributed by atoms with E-state index in [1.54, 1.807) is 0 Å². The minimum Gasteiger partial charge on any atom is -0.383 e. The Balaban J connectivity index is 1.78. The predicted octanol–water partition coefficient (Wildman–Crippen LogP) is 2.82. The third kappa shape index (κ3) is 3.24. The van der Waals surface area contributed by atoms with E-state index in [1.165, 1.54) is 0 Å². The van der Waals surface area contributed by atoms with Crippen LogP contribution in [0.1, 0.15) is 43.2 Å². The average Bonchev–Trinajstić information content (AvgIpc) is 3.10. The summed E-state index contributed by atoms with van der Waals surface area (Å²) in [5.74, 6) is 0.580. The number of nitrogens with two attached hydrogens (primary N) is 1. The second kappa shape index (κ2) is 7.33. The van der Waals surface area contributed by atoms with Crippen LogP contribution in [0.2, 0.25) is 0 Å². The monoisotopic (exact) mass is 361 g/mol. The Morgan fingerprint density at radius 1 is 1.37 bits per heavy atom. The van der Waals surface area contributed by atoms with Crippen molar-refractivity contribution >= 4 is 16.9 Å². The van der Waals surface area contributed by atoms with Gasteiger partial charge < -0.3 is 11.1 Å². The van der Waals surface area contributed by atoms with Crippen molar-refractivity contribution in [2.75, 3.05) is 18.8 Å². The second-order valence-corrected chi connectivity index (χ2v) is 7.03. The Labute approximate surface area is 158 Å². The molecule has 3 N–H and O–H groups in total. The van der Waals surface area contributed by atoms with Crippen molar-refractivity contribution in [1.29, 1.82) is 5.26 Å². The highest BCUT2D eigenvalue weighted by atomic mass is 15.4. The number of fused-ring (bicyclic) bond motifs is 1. The number of nitriles is 1. The molecule has 3 heterocycles. The highest BCUT2D eigenvalue weighted by molar-refractivity contribution is 5.81. The molecule has 0 aliphatic carbocycles. The molecule has 0 unspecified atom stereocenters. The predicted molar refractivity (Wildman–Crippen MR) is 105 cm³/mol. The van der Waals surface area contributed by atoms with E-state index in [1.807, 2.05) is 28.9 Å². The van der Waals surface area contributed by atoms with Crippen LogP contribution in [-0.2, 0) is 6.54 Å². The first kappa shape index (κ1) is 17.4. The number of aryl methyl sites for hydroxylation is 1. The van der Waals surface area contributed by atoms with Gasteiger partial charge in [-0.1, -0.05) is 18.2 Å². The first-order valence-corrected chi connectivity index (χ1v) is 9.46. The molecule has 138 valence electrons. The Morgan fingerprint density at radius 3 is 3.00 bits per heavy atom. The van der Waals surface area contributed by atoms with Crippen molar-refractivity contribution in [3.63, 3.8) is 0 Å². The number of hydrogen-bond donors (Lipinski definition) is 2. The molecule has 4 rings (SSSR count). The number of aromatic nitrogens is 4. The van der Waals surface area contributed by atoms with Crippen molar-refractivity contribution in [1.82, 2.24) is 25.3 Å². The van der Waals surface area contributed by atoms with E-state index in [-0.39, 0.29) is 5.92 Å². The van der Waals surface area contributed by atoms with Crippen LogP contribution in [0.15, 0.2) is 24.3 Å². The molecule has 7 nitrogen and oxygen atoms in total. The summed E-state index contributed by atoms with van der Waals surface area (Å²) in [6.45, 7) is 4.85. The summed E-state index contributed by atoms with van der Waals surface area (Å²) in [4.78, 5) is 4.50. The van der Waals surface area contributed by atoms with Gasteiger partial charge in [0.15, 0.2) is 0 Å². The van der Waals surface area contributed by atoms with Crippen molar-refractivity contribution < 1.29 is 0 Å². The lowest BCUT2D eigenvalue weighted by molar-refractivity contribution is 0.461. The van der Waals surface area contributed by atoms with Crippen LogP contribution < -0.4 is 11.1 Å². The molecule has 27 heavy (non-hydrogen) atoms. The van der Waals surface area contributed by atoms with E-state index >= 15 is 0 Å². The molecular formula is C20H23N7. The Kier molecular flexibility index (Phi) is 4.73. The van der Waals surface area contributed by atoms with E-state index in [0.717, 1.165) is 66.8 Å². The van der Waals surface area contributed by atoms with Gasteiger partial charge in [-0.15, -0.1) is 5.10 Å². The number of pyridine rings is 1. The molecule has 0 amide bonds. The maximum absolute atomic E-state index is 9.57. The van der Waals surface area contributed by atoms with Gasteiger partial charge in [-0.05, 0) is 55.5 Å². The lowest BCUT2D eigenvalue weighted by atomic mass is 9.88. The molecule has 1 fully saturated rings. The smallest absolute Gasteiger partial charge is 0.142 e. The molecule has 7 heteroatoms. The molecule has 1 aromatic carbocycles. The average molecular weight is 361 g/mol. The van der Waals surface area contributed by atoms with E-state index in [0.29, 0.717) is 11.4 Å². The molecule has 3 aromatic rings. The molecule has 1 aliphatic rings. The first-order chi connectivity index (χ1) is 13.2. The van der Waals surface area contributed by atoms with Gasteiger partial charge in [0.05, 0.1) is 16.8 Å². The van der Waals surface area contributed by atoms with Crippen LogP contribution in [0.4, 0.5) is 5.82 Å². The zero-order valence-electron chi connectivity index (χ0n) is 15.4. The Hall–Kier alpha value is -2.98. The maximum atomic E-state index is 9.57. The number of rotatable bonds is 4. The molecular weight excluding hydrogens is 338 g/mol. The van der Waals surface area contributed by atoms with Gasteiger partial charge in [0, 0.05) is 18.7 Å². The summed E-state index contributed by atoms with van der Waals surface area (Å²) < 4.78 is 1.92. The summed E-state index contributed by atoms with van der Waals surface area (Å²) in [6.07, 6.45) is 3.15. The number of piperidine rings is 1. The maximum Gasteiger partial charge on any atom is 0.142 e. The lowest BCUT2D eigenvalue weighted by Gasteiger charge is -2.24. The number of nitrogens with one attached hydrogen (secondary N) is 1. The SMILES string of the molecule is CCCn1nnc2cc(-c3cc([C@@H]4CCCNC4)c(C#N)c(N)n3)ccc21. The zero-order valence-corrected chi connectivity index (χ0v) is 15.4. The van der Waals surface area contributed by atoms with Gasteiger partial charge in [-0.3, -0.25) is 0 Å². The van der Waals surface area contributed by atoms with Gasteiger partial charge >= 0.3 is 0 Å². The van der Waals surface area contributed by atoms with Crippen LogP contribution in [0.3, 0.4) is 0 Å². The molecule has 2 aromatic heterocycles. The molecule has 0 spiro atoms. The largest absolute Gasteiger partial charge is 0.383 e. The van der Waals surface area contributed by atoms with E-state index in [4.69, 9.17) is 5.73 Å². The van der Waals surface area contributed by atoms with Crippen LogP contribution in [0.25, 0.3) is 22.3 Å². The number of nitrogens with zero attached hydrogens (tertiary/aromatic N) is 5. The lowest BCUT2D eigenvalue weighted by Crippen LogP contribution is -2.29. The van der Waals surface area contributed by atoms with Gasteiger partial charge in [-0.25, -0.2) is 9.67 Å². The number of benzene rings is 1. The normalized spacial score (nSPS) is 17.1. The summed E-state index contributed by atoms with van der Waals surface area (Å²) >= 11 is 0. The fourth-order valence-corrected chi connectivity index (χ4v) is 3.80. The topological polar surface area (TPSA) is 105 Å². The first-order valence-electron chi connectivity index (χ1n) is 9.46. The van der Waals surface area contributed by atoms with Crippen LogP contribution in [-0.4, -0.2) is 33.1 Å². The second-order valence-electron chi connectivity index (χ2n) is 7.03. The summed E-state index contributed by atoms with van der Waals surface area (Å²) in [5.41, 5.74) is 11.2. The van der Waals surface area contributed by atoms with Crippen molar-refractivity contribution in [3.8, 4) is 17.3 Å². The quantitative estimate of drug-likeness (QED) is 0.740. The molecule has 0 radical (unpaired) electrons. The zero-order chi connectivity index (χ0) is 18.8. The van der Waals surface area contributed by atoms with Crippen molar-refractivity contribution in [2.45, 2.75) is 38.6 Å². The van der Waals surface area contributed by atoms with Gasteiger partial charge in [0.2, 0.25) is 0 Å². The van der Waals surface area contributed by atoms with Crippen molar-refractivity contribution in [2.24, 2.45) is 0 Å². The van der Waals surface area contributed by atoms with E-state index in [2.05, 4.69) is 33.6 Å². The number of hydrogen-bond acceptors (Lipinski definition) is 6. The molecule has 0 saturated carbocycles. The fourth-order valence-electron chi connectivity index (χ4n) is 3.80. The summed E-state index contributed by atoms with van der Waals surface area (Å²) in [6, 6.07) is 10.3. The summed E-state index contributed by atoms with van der Waals surface area (Å²) in [7, 11) is 0. The highest BCUT2D eigenvalue weighted by Crippen LogP contribution is 2.32. The Bertz CT molecular complexity index is 1010.